The molecule has 0 aliphatic heterocycles. The molecule has 1 amide bonds. The van der Waals surface area contributed by atoms with E-state index < -0.39 is 6.09 Å². The first-order valence-electron chi connectivity index (χ1n) is 12.3. The van der Waals surface area contributed by atoms with Gasteiger partial charge in [0.05, 0.1) is 31.5 Å². The van der Waals surface area contributed by atoms with E-state index in [9.17, 15) is 9.90 Å². The Morgan fingerprint density at radius 1 is 0.919 bits per heavy atom. The fraction of sp³-hybridized carbons (Fsp3) is 0.267. The van der Waals surface area contributed by atoms with Crippen molar-refractivity contribution in [3.8, 4) is 23.0 Å². The zero-order valence-corrected chi connectivity index (χ0v) is 21.8. The number of benzene rings is 3. The number of nitrogens with zero attached hydrogens (tertiary/aromatic N) is 2. The molecule has 0 aliphatic rings. The summed E-state index contributed by atoms with van der Waals surface area (Å²) in [4.78, 5) is 18.5. The molecule has 1 aromatic heterocycles. The van der Waals surface area contributed by atoms with Crippen molar-refractivity contribution in [2.75, 3.05) is 19.1 Å². The highest BCUT2D eigenvalue weighted by atomic mass is 16.5. The summed E-state index contributed by atoms with van der Waals surface area (Å²) in [6, 6.07) is 18.6. The van der Waals surface area contributed by atoms with Crippen molar-refractivity contribution >= 4 is 22.7 Å². The minimum absolute atomic E-state index is 0.292. The van der Waals surface area contributed by atoms with E-state index in [1.54, 1.807) is 26.5 Å². The van der Waals surface area contributed by atoms with Crippen LogP contribution in [0.3, 0.4) is 0 Å². The number of rotatable bonds is 9. The van der Waals surface area contributed by atoms with E-state index >= 15 is 0 Å². The summed E-state index contributed by atoms with van der Waals surface area (Å²) in [6.45, 7) is 5.94. The Labute approximate surface area is 217 Å². The van der Waals surface area contributed by atoms with Gasteiger partial charge in [0, 0.05) is 17.6 Å². The van der Waals surface area contributed by atoms with Crippen molar-refractivity contribution in [3.63, 3.8) is 0 Å². The van der Waals surface area contributed by atoms with Crippen LogP contribution in [0.4, 0.5) is 10.5 Å². The van der Waals surface area contributed by atoms with Gasteiger partial charge in [0.15, 0.2) is 11.5 Å². The van der Waals surface area contributed by atoms with Crippen LogP contribution in [0, 0.1) is 13.8 Å². The average molecular weight is 501 g/mol. The molecule has 1 heterocycles. The fourth-order valence-corrected chi connectivity index (χ4v) is 4.61. The lowest BCUT2D eigenvalue weighted by Gasteiger charge is -2.31. The van der Waals surface area contributed by atoms with Crippen LogP contribution in [-0.2, 0) is 0 Å². The van der Waals surface area contributed by atoms with E-state index in [-0.39, 0.29) is 6.04 Å². The second-order valence-electron chi connectivity index (χ2n) is 8.84. The molecule has 1 N–H and O–H groups in total. The van der Waals surface area contributed by atoms with Crippen LogP contribution in [0.2, 0.25) is 0 Å². The number of methoxy groups -OCH3 is 2. The third kappa shape index (κ3) is 5.16. The number of fused-ring (bicyclic) bond motifs is 1. The first-order chi connectivity index (χ1) is 17.9. The van der Waals surface area contributed by atoms with E-state index in [0.717, 1.165) is 28.5 Å². The van der Waals surface area contributed by atoms with Gasteiger partial charge in [-0.05, 0) is 61.2 Å². The van der Waals surface area contributed by atoms with Gasteiger partial charge in [-0.1, -0.05) is 43.7 Å². The van der Waals surface area contributed by atoms with Crippen LogP contribution in [0.5, 0.6) is 23.0 Å². The van der Waals surface area contributed by atoms with E-state index in [1.807, 2.05) is 68.4 Å². The second-order valence-corrected chi connectivity index (χ2v) is 8.84. The van der Waals surface area contributed by atoms with Gasteiger partial charge in [-0.3, -0.25) is 9.88 Å². The monoisotopic (exact) mass is 500 g/mol. The molecule has 0 saturated heterocycles. The lowest BCUT2D eigenvalue weighted by atomic mass is 9.98. The van der Waals surface area contributed by atoms with Gasteiger partial charge in [0.2, 0.25) is 0 Å². The van der Waals surface area contributed by atoms with Gasteiger partial charge in [-0.2, -0.15) is 0 Å². The summed E-state index contributed by atoms with van der Waals surface area (Å²) < 4.78 is 17.2. The van der Waals surface area contributed by atoms with Gasteiger partial charge in [0.25, 0.3) is 0 Å². The number of ether oxygens (including phenoxy) is 3. The average Bonchev–Trinajstić information content (AvgIpc) is 2.91. The standard InChI is InChI=1S/C30H32N2O5/c1-6-10-25(21-11-8-7-9-12-21)32(30(33)34)24-13-14-26(20(3)19(24)2)37-27-15-16-31-23-18-29(36-5)28(35-4)17-22(23)27/h7-9,11-18,25H,6,10H2,1-5H3,(H,33,34). The molecule has 192 valence electrons. The van der Waals surface area contributed by atoms with E-state index in [2.05, 4.69) is 11.9 Å². The van der Waals surface area contributed by atoms with Crippen molar-refractivity contribution < 1.29 is 24.1 Å². The molecule has 4 rings (SSSR count). The SMILES string of the molecule is CCCC(c1ccccc1)N(C(=O)O)c1ccc(Oc2ccnc3cc(OC)c(OC)cc23)c(C)c1C. The topological polar surface area (TPSA) is 81.1 Å². The number of carboxylic acid groups (broad SMARTS) is 1. The maximum atomic E-state index is 12.6. The third-order valence-corrected chi connectivity index (χ3v) is 6.66. The van der Waals surface area contributed by atoms with Crippen LogP contribution in [-0.4, -0.2) is 30.4 Å². The molecule has 0 spiro atoms. The molecule has 0 fully saturated rings. The smallest absolute Gasteiger partial charge is 0.412 e. The van der Waals surface area contributed by atoms with Crippen LogP contribution < -0.4 is 19.1 Å². The summed E-state index contributed by atoms with van der Waals surface area (Å²) in [5.74, 6) is 2.42. The molecule has 0 saturated carbocycles. The minimum atomic E-state index is -0.986. The number of aromatic nitrogens is 1. The van der Waals surface area contributed by atoms with E-state index in [0.29, 0.717) is 40.6 Å². The third-order valence-electron chi connectivity index (χ3n) is 6.66. The summed E-state index contributed by atoms with van der Waals surface area (Å²) in [5.41, 5.74) is 4.03. The van der Waals surface area contributed by atoms with Crippen LogP contribution in [0.1, 0.15) is 42.5 Å². The molecule has 1 unspecified atom stereocenters. The number of pyridine rings is 1. The number of hydrogen-bond donors (Lipinski definition) is 1. The van der Waals surface area contributed by atoms with Gasteiger partial charge in [0.1, 0.15) is 11.5 Å². The Balaban J connectivity index is 1.75. The van der Waals surface area contributed by atoms with Crippen molar-refractivity contribution in [2.24, 2.45) is 0 Å². The molecule has 1 atom stereocenters. The Morgan fingerprint density at radius 2 is 1.62 bits per heavy atom. The first-order valence-corrected chi connectivity index (χ1v) is 12.3. The molecule has 7 nitrogen and oxygen atoms in total. The lowest BCUT2D eigenvalue weighted by Crippen LogP contribution is -2.34. The van der Waals surface area contributed by atoms with E-state index in [1.165, 1.54) is 4.90 Å². The molecule has 0 radical (unpaired) electrons. The van der Waals surface area contributed by atoms with Gasteiger partial charge >= 0.3 is 6.09 Å². The normalized spacial score (nSPS) is 11.7. The molecule has 0 aliphatic carbocycles. The summed E-state index contributed by atoms with van der Waals surface area (Å²) in [6.07, 6.45) is 2.26. The molecule has 37 heavy (non-hydrogen) atoms. The predicted octanol–water partition coefficient (Wildman–Crippen LogP) is 7.69. The molecular formula is C30H32N2O5. The van der Waals surface area contributed by atoms with Crippen molar-refractivity contribution in [3.05, 3.63) is 83.6 Å². The summed E-state index contributed by atoms with van der Waals surface area (Å²) in [7, 11) is 3.17. The fourth-order valence-electron chi connectivity index (χ4n) is 4.61. The summed E-state index contributed by atoms with van der Waals surface area (Å²) in [5, 5.41) is 11.1. The molecule has 4 aromatic rings. The van der Waals surface area contributed by atoms with Gasteiger partial charge in [-0.25, -0.2) is 4.79 Å². The van der Waals surface area contributed by atoms with Crippen LogP contribution >= 0.6 is 0 Å². The predicted molar refractivity (Wildman–Crippen MR) is 145 cm³/mol. The maximum Gasteiger partial charge on any atom is 0.412 e. The van der Waals surface area contributed by atoms with Crippen LogP contribution in [0.25, 0.3) is 10.9 Å². The van der Waals surface area contributed by atoms with Crippen molar-refractivity contribution in [1.29, 1.82) is 0 Å². The zero-order chi connectivity index (χ0) is 26.5. The number of hydrogen-bond acceptors (Lipinski definition) is 5. The first kappa shape index (κ1) is 25.8. The molecule has 3 aromatic carbocycles. The maximum absolute atomic E-state index is 12.6. The van der Waals surface area contributed by atoms with Gasteiger partial charge in [-0.15, -0.1) is 0 Å². The highest BCUT2D eigenvalue weighted by Gasteiger charge is 2.28. The summed E-state index contributed by atoms with van der Waals surface area (Å²) >= 11 is 0. The minimum Gasteiger partial charge on any atom is -0.493 e. The molecule has 0 bridgehead atoms. The highest BCUT2D eigenvalue weighted by molar-refractivity contribution is 5.90. The Hall–Kier alpha value is -4.26. The van der Waals surface area contributed by atoms with Gasteiger partial charge < -0.3 is 19.3 Å². The molecular weight excluding hydrogens is 468 g/mol. The number of carbonyl (C=O) groups is 1. The van der Waals surface area contributed by atoms with Crippen molar-refractivity contribution in [1.82, 2.24) is 4.98 Å². The Morgan fingerprint density at radius 3 is 2.27 bits per heavy atom. The second kappa shape index (κ2) is 11.2. The zero-order valence-electron chi connectivity index (χ0n) is 21.8. The van der Waals surface area contributed by atoms with Crippen molar-refractivity contribution in [2.45, 2.75) is 39.7 Å². The van der Waals surface area contributed by atoms with E-state index in [4.69, 9.17) is 14.2 Å². The quantitative estimate of drug-likeness (QED) is 0.254. The Kier molecular flexibility index (Phi) is 7.82. The lowest BCUT2D eigenvalue weighted by molar-refractivity contribution is 0.198. The number of amides is 1. The largest absolute Gasteiger partial charge is 0.493 e. The molecule has 7 heteroatoms. The Bertz CT molecular complexity index is 1400. The highest BCUT2D eigenvalue weighted by Crippen LogP contribution is 2.40. The number of anilines is 1. The van der Waals surface area contributed by atoms with Crippen LogP contribution in [0.15, 0.2) is 66.9 Å².